The van der Waals surface area contributed by atoms with Gasteiger partial charge in [0.25, 0.3) is 0 Å². The van der Waals surface area contributed by atoms with Gasteiger partial charge in [0, 0.05) is 0 Å². The van der Waals surface area contributed by atoms with Crippen LogP contribution < -0.4 is 0 Å². The number of rotatable bonds is 4. The van der Waals surface area contributed by atoms with Crippen LogP contribution in [0.5, 0.6) is 0 Å². The Kier molecular flexibility index (Phi) is 5.16. The van der Waals surface area contributed by atoms with Crippen LogP contribution in [0.4, 0.5) is 0 Å². The Labute approximate surface area is 128 Å². The second kappa shape index (κ2) is 7.08. The highest BCUT2D eigenvalue weighted by Crippen LogP contribution is 2.25. The molecule has 0 amide bonds. The Hall–Kier alpha value is -2.08. The minimum absolute atomic E-state index is 1.09. The van der Waals surface area contributed by atoms with Crippen LogP contribution in [0, 0.1) is 6.92 Å². The van der Waals surface area contributed by atoms with Crippen LogP contribution in [-0.4, -0.2) is 0 Å². The molecular weight excluding hydrogens is 252 g/mol. The van der Waals surface area contributed by atoms with Gasteiger partial charge in [-0.2, -0.15) is 0 Å². The predicted molar refractivity (Wildman–Crippen MR) is 94.2 cm³/mol. The van der Waals surface area contributed by atoms with Gasteiger partial charge in [-0.25, -0.2) is 0 Å². The van der Waals surface area contributed by atoms with Crippen LogP contribution in [0.15, 0.2) is 77.9 Å². The zero-order valence-corrected chi connectivity index (χ0v) is 13.3. The lowest BCUT2D eigenvalue weighted by molar-refractivity contribution is 0.945. The molecule has 0 unspecified atom stereocenters. The van der Waals surface area contributed by atoms with Crippen LogP contribution in [0.2, 0.25) is 0 Å². The molecule has 2 rings (SSSR count). The summed E-state index contributed by atoms with van der Waals surface area (Å²) in [4.78, 5) is 0. The molecule has 0 saturated carbocycles. The molecule has 1 aromatic rings. The highest BCUT2D eigenvalue weighted by atomic mass is 14.1. The van der Waals surface area contributed by atoms with Crippen molar-refractivity contribution in [3.63, 3.8) is 0 Å². The fourth-order valence-electron chi connectivity index (χ4n) is 2.62. The first-order valence-corrected chi connectivity index (χ1v) is 7.59. The van der Waals surface area contributed by atoms with Crippen molar-refractivity contribution in [2.45, 2.75) is 33.6 Å². The van der Waals surface area contributed by atoms with Gasteiger partial charge in [0.05, 0.1) is 0 Å². The van der Waals surface area contributed by atoms with Gasteiger partial charge in [-0.05, 0) is 55.9 Å². The van der Waals surface area contributed by atoms with Crippen molar-refractivity contribution in [1.82, 2.24) is 0 Å². The maximum atomic E-state index is 4.22. The molecule has 0 N–H and O–H groups in total. The number of aryl methyl sites for hydroxylation is 1. The first-order valence-electron chi connectivity index (χ1n) is 7.59. The Morgan fingerprint density at radius 3 is 2.67 bits per heavy atom. The summed E-state index contributed by atoms with van der Waals surface area (Å²) < 4.78 is 0. The highest BCUT2D eigenvalue weighted by molar-refractivity contribution is 5.75. The van der Waals surface area contributed by atoms with E-state index in [1.165, 1.54) is 27.8 Å². The molecule has 21 heavy (non-hydrogen) atoms. The number of hydrogen-bond acceptors (Lipinski definition) is 0. The molecule has 1 aromatic carbocycles. The minimum Gasteiger partial charge on any atom is -0.0912 e. The van der Waals surface area contributed by atoms with Gasteiger partial charge in [0.2, 0.25) is 0 Å². The zero-order valence-electron chi connectivity index (χ0n) is 13.3. The van der Waals surface area contributed by atoms with Gasteiger partial charge in [0.1, 0.15) is 0 Å². The third-order valence-corrected chi connectivity index (χ3v) is 3.90. The molecule has 1 aliphatic rings. The number of allylic oxidation sites excluding steroid dienone is 9. The van der Waals surface area contributed by atoms with Crippen LogP contribution in [0.25, 0.3) is 5.57 Å². The van der Waals surface area contributed by atoms with E-state index in [0.29, 0.717) is 0 Å². The normalized spacial score (nSPS) is 15.9. The van der Waals surface area contributed by atoms with Crippen molar-refractivity contribution >= 4 is 5.57 Å². The van der Waals surface area contributed by atoms with Crippen LogP contribution in [0.3, 0.4) is 0 Å². The van der Waals surface area contributed by atoms with Gasteiger partial charge < -0.3 is 0 Å². The van der Waals surface area contributed by atoms with Crippen molar-refractivity contribution in [2.24, 2.45) is 0 Å². The first-order chi connectivity index (χ1) is 10.1. The lowest BCUT2D eigenvalue weighted by atomic mass is 9.93. The molecule has 0 heteroatoms. The van der Waals surface area contributed by atoms with Gasteiger partial charge >= 0.3 is 0 Å². The quantitative estimate of drug-likeness (QED) is 0.576. The van der Waals surface area contributed by atoms with E-state index >= 15 is 0 Å². The monoisotopic (exact) mass is 276 g/mol. The molecule has 0 atom stereocenters. The summed E-state index contributed by atoms with van der Waals surface area (Å²) in [6.45, 7) is 10.6. The predicted octanol–water partition coefficient (Wildman–Crippen LogP) is 6.18. The molecule has 108 valence electrons. The van der Waals surface area contributed by atoms with E-state index in [9.17, 15) is 0 Å². The molecule has 0 nitrogen and oxygen atoms in total. The number of benzene rings is 1. The largest absolute Gasteiger partial charge is 0.0912 e. The van der Waals surface area contributed by atoms with Gasteiger partial charge in [-0.15, -0.1) is 0 Å². The molecule has 0 aromatic heterocycles. The van der Waals surface area contributed by atoms with Crippen molar-refractivity contribution in [2.75, 3.05) is 0 Å². The standard InChI is InChI=1S/C21H24/c1-5-19(20-11-8-9-16(2)15-20)14-13-18(4)21-12-7-6-10-17(21)3/h5,7-9,11-15H,4,6,10H2,1-3H3/b14-13-,19-5+. The maximum absolute atomic E-state index is 4.22. The van der Waals surface area contributed by atoms with Crippen LogP contribution in [-0.2, 0) is 0 Å². The zero-order chi connectivity index (χ0) is 15.2. The van der Waals surface area contributed by atoms with E-state index < -0.39 is 0 Å². The third kappa shape index (κ3) is 3.95. The molecule has 0 heterocycles. The number of hydrogen-bond donors (Lipinski definition) is 0. The maximum Gasteiger partial charge on any atom is -0.0185 e. The Bertz CT molecular complexity index is 648. The first kappa shape index (κ1) is 15.3. The summed E-state index contributed by atoms with van der Waals surface area (Å²) in [5.41, 5.74) is 7.59. The summed E-state index contributed by atoms with van der Waals surface area (Å²) in [7, 11) is 0. The molecule has 0 aliphatic heterocycles. The molecular formula is C21H24. The Balaban J connectivity index is 2.19. The molecule has 0 bridgehead atoms. The smallest absolute Gasteiger partial charge is 0.0185 e. The second-order valence-corrected chi connectivity index (χ2v) is 5.61. The molecule has 1 aliphatic carbocycles. The van der Waals surface area contributed by atoms with Crippen molar-refractivity contribution in [3.8, 4) is 0 Å². The topological polar surface area (TPSA) is 0 Å². The lowest BCUT2D eigenvalue weighted by Gasteiger charge is -2.12. The summed E-state index contributed by atoms with van der Waals surface area (Å²) in [6, 6.07) is 8.60. The Morgan fingerprint density at radius 2 is 2.00 bits per heavy atom. The SMILES string of the molecule is C=C(/C=C\C(=C/C)c1cccc(C)c1)C1=C(C)CCC=C1. The van der Waals surface area contributed by atoms with Crippen molar-refractivity contribution in [3.05, 3.63) is 89.1 Å². The van der Waals surface area contributed by atoms with E-state index in [0.717, 1.165) is 18.4 Å². The second-order valence-electron chi connectivity index (χ2n) is 5.61. The van der Waals surface area contributed by atoms with Gasteiger partial charge in [-0.1, -0.05) is 72.4 Å². The third-order valence-electron chi connectivity index (χ3n) is 3.90. The Morgan fingerprint density at radius 1 is 1.19 bits per heavy atom. The fraction of sp³-hybridized carbons (Fsp3) is 0.238. The molecule has 0 radical (unpaired) electrons. The van der Waals surface area contributed by atoms with Gasteiger partial charge in [0.15, 0.2) is 0 Å². The summed E-state index contributed by atoms with van der Waals surface area (Å²) in [5, 5.41) is 0. The molecule has 0 spiro atoms. The van der Waals surface area contributed by atoms with Crippen molar-refractivity contribution in [1.29, 1.82) is 0 Å². The molecule has 0 saturated heterocycles. The average molecular weight is 276 g/mol. The lowest BCUT2D eigenvalue weighted by Crippen LogP contribution is -1.93. The van der Waals surface area contributed by atoms with Gasteiger partial charge in [-0.3, -0.25) is 0 Å². The van der Waals surface area contributed by atoms with Crippen molar-refractivity contribution < 1.29 is 0 Å². The summed E-state index contributed by atoms with van der Waals surface area (Å²) in [6.07, 6.45) is 13.2. The molecule has 0 fully saturated rings. The average Bonchev–Trinajstić information content (AvgIpc) is 2.48. The fourth-order valence-corrected chi connectivity index (χ4v) is 2.62. The van der Waals surface area contributed by atoms with Crippen LogP contribution >= 0.6 is 0 Å². The summed E-state index contributed by atoms with van der Waals surface area (Å²) in [5.74, 6) is 0. The van der Waals surface area contributed by atoms with E-state index in [1.807, 2.05) is 0 Å². The van der Waals surface area contributed by atoms with E-state index in [1.54, 1.807) is 0 Å². The van der Waals surface area contributed by atoms with E-state index in [4.69, 9.17) is 0 Å². The van der Waals surface area contributed by atoms with Crippen LogP contribution in [0.1, 0.15) is 37.8 Å². The summed E-state index contributed by atoms with van der Waals surface area (Å²) >= 11 is 0. The van der Waals surface area contributed by atoms with E-state index in [-0.39, 0.29) is 0 Å². The van der Waals surface area contributed by atoms with E-state index in [2.05, 4.69) is 82.0 Å². The minimum atomic E-state index is 1.09. The highest BCUT2D eigenvalue weighted by Gasteiger charge is 2.05.